The van der Waals surface area contributed by atoms with Gasteiger partial charge in [0.05, 0.1) is 0 Å². The quantitative estimate of drug-likeness (QED) is 0.597. The van der Waals surface area contributed by atoms with Crippen molar-refractivity contribution in [2.45, 2.75) is 70.6 Å². The standard InChI is InChI=1S/C20H27F/c1-2-15-8-10-17(11-9-15)19-13-12-18(14-20(19)21)16-6-4-3-5-7-16/h6,12-15,17H,2-5,7-11H2,1H3. The minimum Gasteiger partial charge on any atom is -0.207 e. The molecule has 0 bridgehead atoms. The smallest absolute Gasteiger partial charge is 0.127 e. The summed E-state index contributed by atoms with van der Waals surface area (Å²) in [6, 6.07) is 6.01. The van der Waals surface area contributed by atoms with Crippen LogP contribution in [-0.4, -0.2) is 0 Å². The van der Waals surface area contributed by atoms with Crippen LogP contribution in [0.25, 0.3) is 5.57 Å². The van der Waals surface area contributed by atoms with E-state index in [0.29, 0.717) is 5.92 Å². The Labute approximate surface area is 128 Å². The summed E-state index contributed by atoms with van der Waals surface area (Å²) < 4.78 is 14.5. The molecule has 21 heavy (non-hydrogen) atoms. The Hall–Kier alpha value is -1.11. The average Bonchev–Trinajstić information content (AvgIpc) is 2.56. The van der Waals surface area contributed by atoms with Crippen LogP contribution in [0.5, 0.6) is 0 Å². The van der Waals surface area contributed by atoms with E-state index in [2.05, 4.69) is 25.1 Å². The molecule has 0 amide bonds. The van der Waals surface area contributed by atoms with Gasteiger partial charge < -0.3 is 0 Å². The van der Waals surface area contributed by atoms with Crippen molar-refractivity contribution in [3.8, 4) is 0 Å². The summed E-state index contributed by atoms with van der Waals surface area (Å²) in [4.78, 5) is 0. The molecule has 1 saturated carbocycles. The van der Waals surface area contributed by atoms with Crippen molar-refractivity contribution < 1.29 is 4.39 Å². The van der Waals surface area contributed by atoms with Crippen molar-refractivity contribution in [2.24, 2.45) is 5.92 Å². The Bertz CT molecular complexity index is 507. The zero-order valence-corrected chi connectivity index (χ0v) is 13.2. The number of halogens is 1. The summed E-state index contributed by atoms with van der Waals surface area (Å²) >= 11 is 0. The first-order chi connectivity index (χ1) is 10.3. The minimum atomic E-state index is 0.0268. The summed E-state index contributed by atoms with van der Waals surface area (Å²) in [6.07, 6.45) is 13.2. The lowest BCUT2D eigenvalue weighted by Crippen LogP contribution is -2.13. The van der Waals surface area contributed by atoms with Gasteiger partial charge in [0.25, 0.3) is 0 Å². The van der Waals surface area contributed by atoms with E-state index in [9.17, 15) is 4.39 Å². The molecule has 0 heterocycles. The third-order valence-electron chi connectivity index (χ3n) is 5.53. The Balaban J connectivity index is 1.74. The molecule has 0 nitrogen and oxygen atoms in total. The molecule has 0 unspecified atom stereocenters. The second-order valence-electron chi connectivity index (χ2n) is 6.84. The van der Waals surface area contributed by atoms with Crippen LogP contribution in [0.2, 0.25) is 0 Å². The third kappa shape index (κ3) is 3.39. The average molecular weight is 286 g/mol. The molecule has 114 valence electrons. The van der Waals surface area contributed by atoms with Gasteiger partial charge in [-0.1, -0.05) is 31.6 Å². The maximum absolute atomic E-state index is 14.5. The number of allylic oxidation sites excluding steroid dienone is 2. The molecular weight excluding hydrogens is 259 g/mol. The van der Waals surface area contributed by atoms with Gasteiger partial charge in [-0.2, -0.15) is 0 Å². The van der Waals surface area contributed by atoms with E-state index >= 15 is 0 Å². The maximum Gasteiger partial charge on any atom is 0.127 e. The van der Waals surface area contributed by atoms with Crippen LogP contribution in [0, 0.1) is 11.7 Å². The molecular formula is C20H27F. The lowest BCUT2D eigenvalue weighted by molar-refractivity contribution is 0.314. The second kappa shape index (κ2) is 6.77. The van der Waals surface area contributed by atoms with E-state index in [1.165, 1.54) is 37.7 Å². The third-order valence-corrected chi connectivity index (χ3v) is 5.53. The Morgan fingerprint density at radius 1 is 1.10 bits per heavy atom. The van der Waals surface area contributed by atoms with Crippen molar-refractivity contribution in [3.63, 3.8) is 0 Å². The molecule has 1 aromatic rings. The highest BCUT2D eigenvalue weighted by atomic mass is 19.1. The highest BCUT2D eigenvalue weighted by Crippen LogP contribution is 2.38. The molecule has 2 aliphatic carbocycles. The Morgan fingerprint density at radius 3 is 2.52 bits per heavy atom. The monoisotopic (exact) mass is 286 g/mol. The van der Waals surface area contributed by atoms with Crippen LogP contribution >= 0.6 is 0 Å². The SMILES string of the molecule is CCC1CCC(c2ccc(C3=CCCCC3)cc2F)CC1. The molecule has 0 aliphatic heterocycles. The summed E-state index contributed by atoms with van der Waals surface area (Å²) in [7, 11) is 0. The first-order valence-electron chi connectivity index (χ1n) is 8.76. The molecule has 0 atom stereocenters. The fourth-order valence-electron chi connectivity index (χ4n) is 4.04. The van der Waals surface area contributed by atoms with Crippen molar-refractivity contribution >= 4 is 5.57 Å². The lowest BCUT2D eigenvalue weighted by Gasteiger charge is -2.28. The molecule has 2 aliphatic rings. The zero-order chi connectivity index (χ0) is 14.7. The van der Waals surface area contributed by atoms with E-state index in [1.54, 1.807) is 6.07 Å². The number of hydrogen-bond acceptors (Lipinski definition) is 0. The minimum absolute atomic E-state index is 0.0268. The molecule has 0 saturated heterocycles. The van der Waals surface area contributed by atoms with Gasteiger partial charge in [-0.3, -0.25) is 0 Å². The fraction of sp³-hybridized carbons (Fsp3) is 0.600. The van der Waals surface area contributed by atoms with Crippen molar-refractivity contribution in [1.29, 1.82) is 0 Å². The van der Waals surface area contributed by atoms with Crippen LogP contribution in [0.1, 0.15) is 81.8 Å². The summed E-state index contributed by atoms with van der Waals surface area (Å²) in [6.45, 7) is 2.28. The molecule has 1 heteroatoms. The molecule has 0 radical (unpaired) electrons. The second-order valence-corrected chi connectivity index (χ2v) is 6.84. The summed E-state index contributed by atoms with van der Waals surface area (Å²) in [5.41, 5.74) is 3.42. The predicted molar refractivity (Wildman–Crippen MR) is 87.8 cm³/mol. The van der Waals surface area contributed by atoms with E-state index in [4.69, 9.17) is 0 Å². The van der Waals surface area contributed by atoms with Crippen LogP contribution in [0.15, 0.2) is 24.3 Å². The van der Waals surface area contributed by atoms with Crippen LogP contribution in [0.3, 0.4) is 0 Å². The van der Waals surface area contributed by atoms with Crippen molar-refractivity contribution in [2.75, 3.05) is 0 Å². The zero-order valence-electron chi connectivity index (χ0n) is 13.2. The van der Waals surface area contributed by atoms with E-state index in [-0.39, 0.29) is 5.82 Å². The van der Waals surface area contributed by atoms with Crippen LogP contribution in [-0.2, 0) is 0 Å². The van der Waals surface area contributed by atoms with Gasteiger partial charge in [0.15, 0.2) is 0 Å². The summed E-state index contributed by atoms with van der Waals surface area (Å²) in [5.74, 6) is 1.34. The first kappa shape index (κ1) is 14.8. The molecule has 3 rings (SSSR count). The van der Waals surface area contributed by atoms with Crippen molar-refractivity contribution in [3.05, 3.63) is 41.2 Å². The van der Waals surface area contributed by atoms with Gasteiger partial charge in [0.2, 0.25) is 0 Å². The largest absolute Gasteiger partial charge is 0.207 e. The number of benzene rings is 1. The lowest BCUT2D eigenvalue weighted by atomic mass is 9.77. The molecule has 0 spiro atoms. The Morgan fingerprint density at radius 2 is 1.90 bits per heavy atom. The molecule has 0 aromatic heterocycles. The number of hydrogen-bond donors (Lipinski definition) is 0. The van der Waals surface area contributed by atoms with E-state index in [1.807, 2.05) is 0 Å². The Kier molecular flexibility index (Phi) is 4.77. The first-order valence-corrected chi connectivity index (χ1v) is 8.76. The molecule has 1 fully saturated rings. The highest BCUT2D eigenvalue weighted by molar-refractivity contribution is 5.66. The molecule has 0 N–H and O–H groups in total. The van der Waals surface area contributed by atoms with Crippen LogP contribution in [0.4, 0.5) is 4.39 Å². The fourth-order valence-corrected chi connectivity index (χ4v) is 4.04. The van der Waals surface area contributed by atoms with Gasteiger partial charge in [-0.05, 0) is 86.0 Å². The van der Waals surface area contributed by atoms with Gasteiger partial charge >= 0.3 is 0 Å². The topological polar surface area (TPSA) is 0 Å². The van der Waals surface area contributed by atoms with Gasteiger partial charge in [0, 0.05) is 0 Å². The van der Waals surface area contributed by atoms with E-state index < -0.39 is 0 Å². The van der Waals surface area contributed by atoms with Gasteiger partial charge in [-0.25, -0.2) is 4.39 Å². The van der Waals surface area contributed by atoms with Crippen LogP contribution < -0.4 is 0 Å². The highest BCUT2D eigenvalue weighted by Gasteiger charge is 2.23. The summed E-state index contributed by atoms with van der Waals surface area (Å²) in [5, 5.41) is 0. The van der Waals surface area contributed by atoms with Gasteiger partial charge in [-0.15, -0.1) is 0 Å². The number of rotatable bonds is 3. The predicted octanol–water partition coefficient (Wildman–Crippen LogP) is 6.47. The molecule has 1 aromatic carbocycles. The normalized spacial score (nSPS) is 26.5. The van der Waals surface area contributed by atoms with Gasteiger partial charge in [0.1, 0.15) is 5.82 Å². The maximum atomic E-state index is 14.5. The van der Waals surface area contributed by atoms with Crippen molar-refractivity contribution in [1.82, 2.24) is 0 Å². The van der Waals surface area contributed by atoms with E-state index in [0.717, 1.165) is 42.7 Å².